The molecule has 1 aromatic carbocycles. The Labute approximate surface area is 70.3 Å². The van der Waals surface area contributed by atoms with Gasteiger partial charge in [0, 0.05) is 11.2 Å². The number of nitrogens with zero attached hydrogens (tertiary/aromatic N) is 1. The van der Waals surface area contributed by atoms with Gasteiger partial charge in [-0.15, -0.1) is 0 Å². The van der Waals surface area contributed by atoms with Crippen molar-refractivity contribution in [3.8, 4) is 0 Å². The summed E-state index contributed by atoms with van der Waals surface area (Å²) in [5, 5.41) is 0.733. The third kappa shape index (κ3) is 2.05. The van der Waals surface area contributed by atoms with Crippen LogP contribution in [-0.2, 0) is 0 Å². The third-order valence-electron chi connectivity index (χ3n) is 1.08. The standard InChI is InChI=1S/C7H6ClNS/c8-7-3-1-6(2-4-7)5-9-10/h1-5,10H/b9-5-. The molecule has 0 atom stereocenters. The lowest BCUT2D eigenvalue weighted by atomic mass is 10.2. The van der Waals surface area contributed by atoms with Crippen molar-refractivity contribution in [2.75, 3.05) is 0 Å². The van der Waals surface area contributed by atoms with Crippen molar-refractivity contribution < 1.29 is 0 Å². The molecule has 0 aliphatic rings. The quantitative estimate of drug-likeness (QED) is 0.493. The largest absolute Gasteiger partial charge is 0.227 e. The lowest BCUT2D eigenvalue weighted by molar-refractivity contribution is 1.67. The van der Waals surface area contributed by atoms with Crippen LogP contribution in [0.15, 0.2) is 28.7 Å². The van der Waals surface area contributed by atoms with Crippen molar-refractivity contribution in [2.24, 2.45) is 4.40 Å². The zero-order chi connectivity index (χ0) is 7.40. The predicted octanol–water partition coefficient (Wildman–Crippen LogP) is 2.60. The van der Waals surface area contributed by atoms with Crippen LogP contribution in [-0.4, -0.2) is 6.21 Å². The maximum absolute atomic E-state index is 5.65. The molecule has 0 spiro atoms. The lowest BCUT2D eigenvalue weighted by Crippen LogP contribution is -1.76. The molecule has 0 bridgehead atoms. The van der Waals surface area contributed by atoms with Crippen molar-refractivity contribution in [1.82, 2.24) is 0 Å². The van der Waals surface area contributed by atoms with Crippen molar-refractivity contribution in [2.45, 2.75) is 0 Å². The van der Waals surface area contributed by atoms with Crippen LogP contribution in [0.1, 0.15) is 5.56 Å². The molecule has 0 aliphatic carbocycles. The molecule has 1 aromatic rings. The average molecular weight is 172 g/mol. The highest BCUT2D eigenvalue weighted by Crippen LogP contribution is 2.07. The van der Waals surface area contributed by atoms with E-state index in [0.29, 0.717) is 0 Å². The molecule has 52 valence electrons. The topological polar surface area (TPSA) is 12.4 Å². The fraction of sp³-hybridized carbons (Fsp3) is 0. The van der Waals surface area contributed by atoms with Crippen molar-refractivity contribution in [3.63, 3.8) is 0 Å². The van der Waals surface area contributed by atoms with Gasteiger partial charge in [-0.05, 0) is 30.5 Å². The van der Waals surface area contributed by atoms with Crippen LogP contribution in [0, 0.1) is 0 Å². The van der Waals surface area contributed by atoms with E-state index in [9.17, 15) is 0 Å². The maximum atomic E-state index is 5.65. The summed E-state index contributed by atoms with van der Waals surface area (Å²) in [5.74, 6) is 0. The Morgan fingerprint density at radius 1 is 1.30 bits per heavy atom. The van der Waals surface area contributed by atoms with Crippen LogP contribution in [0.5, 0.6) is 0 Å². The zero-order valence-electron chi connectivity index (χ0n) is 5.16. The van der Waals surface area contributed by atoms with E-state index in [0.717, 1.165) is 10.6 Å². The molecule has 0 saturated heterocycles. The number of hydrogen-bond donors (Lipinski definition) is 1. The van der Waals surface area contributed by atoms with Gasteiger partial charge in [-0.1, -0.05) is 23.7 Å². The Bertz CT molecular complexity index is 230. The van der Waals surface area contributed by atoms with E-state index in [2.05, 4.69) is 17.2 Å². The van der Waals surface area contributed by atoms with Crippen molar-refractivity contribution >= 4 is 30.6 Å². The molecule has 0 radical (unpaired) electrons. The highest BCUT2D eigenvalue weighted by atomic mass is 35.5. The Kier molecular flexibility index (Phi) is 2.78. The zero-order valence-corrected chi connectivity index (χ0v) is 6.81. The maximum Gasteiger partial charge on any atom is 0.0420 e. The Morgan fingerprint density at radius 3 is 2.40 bits per heavy atom. The first kappa shape index (κ1) is 7.63. The van der Waals surface area contributed by atoms with Crippen molar-refractivity contribution in [3.05, 3.63) is 34.9 Å². The molecule has 0 heterocycles. The summed E-state index contributed by atoms with van der Waals surface area (Å²) in [6.45, 7) is 0. The Balaban J connectivity index is 2.89. The molecule has 0 aromatic heterocycles. The highest BCUT2D eigenvalue weighted by Gasteiger charge is 1.86. The number of rotatable bonds is 1. The Morgan fingerprint density at radius 2 is 1.90 bits per heavy atom. The highest BCUT2D eigenvalue weighted by molar-refractivity contribution is 7.78. The van der Waals surface area contributed by atoms with Gasteiger partial charge < -0.3 is 0 Å². The summed E-state index contributed by atoms with van der Waals surface area (Å²) in [5.41, 5.74) is 0.999. The lowest BCUT2D eigenvalue weighted by Gasteiger charge is -1.89. The van der Waals surface area contributed by atoms with Gasteiger partial charge >= 0.3 is 0 Å². The molecule has 0 N–H and O–H groups in total. The molecule has 10 heavy (non-hydrogen) atoms. The van der Waals surface area contributed by atoms with Gasteiger partial charge in [0.2, 0.25) is 0 Å². The normalized spacial score (nSPS) is 10.6. The fourth-order valence-electron chi connectivity index (χ4n) is 0.616. The van der Waals surface area contributed by atoms with Gasteiger partial charge in [-0.2, -0.15) is 0 Å². The number of thiol groups is 1. The van der Waals surface area contributed by atoms with E-state index in [4.69, 9.17) is 11.6 Å². The van der Waals surface area contributed by atoms with Crippen LogP contribution in [0.2, 0.25) is 5.02 Å². The first-order valence-corrected chi connectivity index (χ1v) is 3.54. The molecule has 0 aliphatic heterocycles. The minimum absolute atomic E-state index is 0.733. The fourth-order valence-corrected chi connectivity index (χ4v) is 0.875. The molecule has 3 heteroatoms. The number of hydrogen-bond acceptors (Lipinski definition) is 2. The second kappa shape index (κ2) is 3.64. The summed E-state index contributed by atoms with van der Waals surface area (Å²) < 4.78 is 3.56. The molecule has 0 unspecified atom stereocenters. The van der Waals surface area contributed by atoms with E-state index in [1.54, 1.807) is 6.21 Å². The van der Waals surface area contributed by atoms with Gasteiger partial charge in [-0.3, -0.25) is 0 Å². The molecule has 0 fully saturated rings. The van der Waals surface area contributed by atoms with Crippen LogP contribution in [0.3, 0.4) is 0 Å². The van der Waals surface area contributed by atoms with Crippen LogP contribution < -0.4 is 0 Å². The summed E-state index contributed by atoms with van der Waals surface area (Å²) in [6, 6.07) is 7.38. The van der Waals surface area contributed by atoms with Gasteiger partial charge in [-0.25, -0.2) is 4.40 Å². The minimum atomic E-state index is 0.733. The number of halogens is 1. The smallest absolute Gasteiger partial charge is 0.0420 e. The summed E-state index contributed by atoms with van der Waals surface area (Å²) in [7, 11) is 0. The van der Waals surface area contributed by atoms with Crippen LogP contribution in [0.25, 0.3) is 0 Å². The van der Waals surface area contributed by atoms with E-state index >= 15 is 0 Å². The molecule has 0 saturated carbocycles. The first-order valence-electron chi connectivity index (χ1n) is 2.76. The molecule has 0 amide bonds. The van der Waals surface area contributed by atoms with Gasteiger partial charge in [0.05, 0.1) is 0 Å². The SMILES string of the molecule is S/N=C\c1ccc(Cl)cc1. The monoisotopic (exact) mass is 171 g/mol. The van der Waals surface area contributed by atoms with Crippen LogP contribution >= 0.6 is 24.4 Å². The van der Waals surface area contributed by atoms with Gasteiger partial charge in [0.1, 0.15) is 0 Å². The first-order chi connectivity index (χ1) is 4.83. The molecule has 1 rings (SSSR count). The van der Waals surface area contributed by atoms with Crippen LogP contribution in [0.4, 0.5) is 0 Å². The summed E-state index contributed by atoms with van der Waals surface area (Å²) in [6.07, 6.45) is 1.65. The predicted molar refractivity (Wildman–Crippen MR) is 48.0 cm³/mol. The van der Waals surface area contributed by atoms with E-state index in [1.165, 1.54) is 0 Å². The van der Waals surface area contributed by atoms with Gasteiger partial charge in [0.25, 0.3) is 0 Å². The van der Waals surface area contributed by atoms with E-state index in [-0.39, 0.29) is 0 Å². The Hall–Kier alpha value is -0.470. The second-order valence-corrected chi connectivity index (χ2v) is 2.46. The average Bonchev–Trinajstić information content (AvgIpc) is 1.95. The van der Waals surface area contributed by atoms with E-state index in [1.807, 2.05) is 24.3 Å². The van der Waals surface area contributed by atoms with E-state index < -0.39 is 0 Å². The number of benzene rings is 1. The second-order valence-electron chi connectivity index (χ2n) is 1.80. The van der Waals surface area contributed by atoms with Gasteiger partial charge in [0.15, 0.2) is 0 Å². The summed E-state index contributed by atoms with van der Waals surface area (Å²) in [4.78, 5) is 0. The molecular formula is C7H6ClNS. The molecular weight excluding hydrogens is 166 g/mol. The van der Waals surface area contributed by atoms with Crippen molar-refractivity contribution in [1.29, 1.82) is 0 Å². The molecule has 1 nitrogen and oxygen atoms in total. The summed E-state index contributed by atoms with van der Waals surface area (Å²) >= 11 is 9.34. The minimum Gasteiger partial charge on any atom is -0.227 e. The third-order valence-corrected chi connectivity index (χ3v) is 1.44.